The number of aliphatic imine (C=N–C) groups is 1. The van der Waals surface area contributed by atoms with Gasteiger partial charge in [-0.2, -0.15) is 0 Å². The zero-order valence-corrected chi connectivity index (χ0v) is 9.71. The lowest BCUT2D eigenvalue weighted by Gasteiger charge is -2.15. The molecule has 0 saturated heterocycles. The van der Waals surface area contributed by atoms with Gasteiger partial charge < -0.3 is 0 Å². The van der Waals surface area contributed by atoms with Crippen molar-refractivity contribution in [3.8, 4) is 0 Å². The minimum atomic E-state index is 0.284. The number of nitrogens with zero attached hydrogens (tertiary/aromatic N) is 1. The molecule has 84 valence electrons. The van der Waals surface area contributed by atoms with Gasteiger partial charge in [-0.3, -0.25) is 0 Å². The van der Waals surface area contributed by atoms with E-state index in [1.807, 2.05) is 12.1 Å². The van der Waals surface area contributed by atoms with E-state index < -0.39 is 0 Å². The van der Waals surface area contributed by atoms with Gasteiger partial charge >= 0.3 is 0 Å². The topological polar surface area (TPSA) is 12.4 Å². The second kappa shape index (κ2) is 5.83. The summed E-state index contributed by atoms with van der Waals surface area (Å²) in [6, 6.07) is 20.8. The molecule has 1 nitrogen and oxygen atoms in total. The van der Waals surface area contributed by atoms with Crippen LogP contribution in [0.5, 0.6) is 0 Å². The average molecular weight is 221 g/mol. The molecule has 0 unspecified atom stereocenters. The fourth-order valence-corrected chi connectivity index (χ4v) is 1.93. The predicted octanol–water partition coefficient (Wildman–Crippen LogP) is 3.67. The standard InChI is InChI=1S/C16H15N/c1-2-17-13-16(14-9-5-3-6-10-14)15-11-7-4-8-12-15/h3-12,16H,1,13H2. The Morgan fingerprint density at radius 3 is 1.76 bits per heavy atom. The Morgan fingerprint density at radius 2 is 1.35 bits per heavy atom. The largest absolute Gasteiger partial charge is 0.243 e. The van der Waals surface area contributed by atoms with Crippen LogP contribution in [0, 0.1) is 0 Å². The van der Waals surface area contributed by atoms with Gasteiger partial charge in [-0.05, 0) is 23.6 Å². The lowest BCUT2D eigenvalue weighted by atomic mass is 9.91. The molecule has 2 rings (SSSR count). The van der Waals surface area contributed by atoms with Crippen LogP contribution >= 0.6 is 0 Å². The molecule has 0 saturated carbocycles. The number of hydrogen-bond acceptors (Lipinski definition) is 1. The minimum Gasteiger partial charge on any atom is -0.243 e. The average Bonchev–Trinajstić information content (AvgIpc) is 2.42. The zero-order chi connectivity index (χ0) is 11.9. The summed E-state index contributed by atoms with van der Waals surface area (Å²) in [6.45, 7) is 4.22. The van der Waals surface area contributed by atoms with Crippen molar-refractivity contribution >= 4 is 5.87 Å². The molecule has 0 radical (unpaired) electrons. The molecular formula is C16H15N. The third-order valence-electron chi connectivity index (χ3n) is 2.79. The van der Waals surface area contributed by atoms with E-state index in [2.05, 4.69) is 66.0 Å². The molecule has 0 aliphatic heterocycles. The van der Waals surface area contributed by atoms with Crippen LogP contribution in [0.25, 0.3) is 0 Å². The Morgan fingerprint density at radius 1 is 0.882 bits per heavy atom. The van der Waals surface area contributed by atoms with Crippen LogP contribution in [0.1, 0.15) is 17.0 Å². The first-order valence-electron chi connectivity index (χ1n) is 5.70. The molecule has 0 aliphatic carbocycles. The van der Waals surface area contributed by atoms with E-state index in [1.54, 1.807) is 0 Å². The van der Waals surface area contributed by atoms with Crippen molar-refractivity contribution in [3.05, 3.63) is 78.4 Å². The van der Waals surface area contributed by atoms with Crippen molar-refractivity contribution in [2.24, 2.45) is 4.99 Å². The summed E-state index contributed by atoms with van der Waals surface area (Å²) in [7, 11) is 0. The molecule has 0 amide bonds. The highest BCUT2D eigenvalue weighted by Gasteiger charge is 2.12. The van der Waals surface area contributed by atoms with Gasteiger partial charge in [0, 0.05) is 5.92 Å². The lowest BCUT2D eigenvalue weighted by molar-refractivity contribution is 0.824. The minimum absolute atomic E-state index is 0.284. The highest BCUT2D eigenvalue weighted by Crippen LogP contribution is 2.24. The first-order chi connectivity index (χ1) is 8.42. The van der Waals surface area contributed by atoms with Gasteiger partial charge in [-0.15, -0.1) is 0 Å². The normalized spacial score (nSPS) is 9.94. The molecule has 0 aliphatic rings. The maximum absolute atomic E-state index is 4.16. The molecule has 0 spiro atoms. The van der Waals surface area contributed by atoms with Crippen LogP contribution in [0.2, 0.25) is 0 Å². The van der Waals surface area contributed by atoms with Crippen molar-refractivity contribution < 1.29 is 0 Å². The van der Waals surface area contributed by atoms with Crippen LogP contribution in [-0.2, 0) is 0 Å². The molecule has 17 heavy (non-hydrogen) atoms. The lowest BCUT2D eigenvalue weighted by Crippen LogP contribution is -2.04. The highest BCUT2D eigenvalue weighted by molar-refractivity contribution is 5.47. The Bertz CT molecular complexity index is 456. The number of rotatable bonds is 4. The Kier molecular flexibility index (Phi) is 3.90. The Balaban J connectivity index is 2.35. The van der Waals surface area contributed by atoms with Gasteiger partial charge in [0.25, 0.3) is 0 Å². The molecule has 2 aromatic rings. The molecular weight excluding hydrogens is 206 g/mol. The molecule has 2 aromatic carbocycles. The number of benzene rings is 2. The predicted molar refractivity (Wildman–Crippen MR) is 72.7 cm³/mol. The van der Waals surface area contributed by atoms with Gasteiger partial charge in [0.2, 0.25) is 0 Å². The molecule has 1 heteroatoms. The SMILES string of the molecule is C=C=NCC(c1ccccc1)c1ccccc1. The maximum atomic E-state index is 4.16. The van der Waals surface area contributed by atoms with E-state index in [9.17, 15) is 0 Å². The second-order valence-electron chi connectivity index (χ2n) is 3.87. The summed E-state index contributed by atoms with van der Waals surface area (Å²) < 4.78 is 0. The van der Waals surface area contributed by atoms with E-state index >= 15 is 0 Å². The van der Waals surface area contributed by atoms with Crippen molar-refractivity contribution in [1.29, 1.82) is 0 Å². The van der Waals surface area contributed by atoms with Gasteiger partial charge in [-0.25, -0.2) is 4.99 Å². The molecule has 0 fully saturated rings. The van der Waals surface area contributed by atoms with Crippen molar-refractivity contribution in [3.63, 3.8) is 0 Å². The summed E-state index contributed by atoms with van der Waals surface area (Å²) in [5.74, 6) is 2.90. The monoisotopic (exact) mass is 221 g/mol. The van der Waals surface area contributed by atoms with Crippen LogP contribution < -0.4 is 0 Å². The van der Waals surface area contributed by atoms with E-state index in [0.717, 1.165) is 0 Å². The Hall–Kier alpha value is -2.11. The van der Waals surface area contributed by atoms with E-state index in [1.165, 1.54) is 11.1 Å². The number of hydrogen-bond donors (Lipinski definition) is 0. The van der Waals surface area contributed by atoms with Crippen molar-refractivity contribution in [2.75, 3.05) is 6.54 Å². The van der Waals surface area contributed by atoms with Crippen molar-refractivity contribution in [2.45, 2.75) is 5.92 Å². The maximum Gasteiger partial charge on any atom is 0.0593 e. The fraction of sp³-hybridized carbons (Fsp3) is 0.125. The summed E-state index contributed by atoms with van der Waals surface area (Å²) in [4.78, 5) is 4.16. The van der Waals surface area contributed by atoms with E-state index in [0.29, 0.717) is 6.54 Å². The van der Waals surface area contributed by atoms with Crippen LogP contribution in [0.15, 0.2) is 72.2 Å². The summed E-state index contributed by atoms with van der Waals surface area (Å²) >= 11 is 0. The third kappa shape index (κ3) is 2.93. The van der Waals surface area contributed by atoms with Crippen molar-refractivity contribution in [1.82, 2.24) is 0 Å². The van der Waals surface area contributed by atoms with Gasteiger partial charge in [0.15, 0.2) is 0 Å². The highest BCUT2D eigenvalue weighted by atomic mass is 14.7. The van der Waals surface area contributed by atoms with E-state index in [-0.39, 0.29) is 5.92 Å². The third-order valence-corrected chi connectivity index (χ3v) is 2.79. The van der Waals surface area contributed by atoms with Crippen LogP contribution in [-0.4, -0.2) is 12.4 Å². The first-order valence-corrected chi connectivity index (χ1v) is 5.70. The molecule has 0 atom stereocenters. The van der Waals surface area contributed by atoms with Crippen LogP contribution in [0.3, 0.4) is 0 Å². The van der Waals surface area contributed by atoms with Gasteiger partial charge in [-0.1, -0.05) is 60.7 Å². The summed E-state index contributed by atoms with van der Waals surface area (Å²) in [5.41, 5.74) is 2.55. The Labute approximate surface area is 102 Å². The quantitative estimate of drug-likeness (QED) is 0.698. The van der Waals surface area contributed by atoms with Crippen LogP contribution in [0.4, 0.5) is 0 Å². The van der Waals surface area contributed by atoms with Gasteiger partial charge in [0.1, 0.15) is 0 Å². The zero-order valence-electron chi connectivity index (χ0n) is 9.71. The molecule has 0 heterocycles. The van der Waals surface area contributed by atoms with E-state index in [4.69, 9.17) is 0 Å². The molecule has 0 bridgehead atoms. The second-order valence-corrected chi connectivity index (χ2v) is 3.87. The fourth-order valence-electron chi connectivity index (χ4n) is 1.93. The summed E-state index contributed by atoms with van der Waals surface area (Å²) in [5, 5.41) is 0. The molecule has 0 N–H and O–H groups in total. The smallest absolute Gasteiger partial charge is 0.0593 e. The van der Waals surface area contributed by atoms with Gasteiger partial charge in [0.05, 0.1) is 6.54 Å². The summed E-state index contributed by atoms with van der Waals surface area (Å²) in [6.07, 6.45) is 0. The molecule has 0 aromatic heterocycles. The first kappa shape index (κ1) is 11.4.